The third kappa shape index (κ3) is 4.80. The van der Waals surface area contributed by atoms with Crippen LogP contribution in [-0.2, 0) is 14.6 Å². The van der Waals surface area contributed by atoms with Gasteiger partial charge in [0.15, 0.2) is 9.84 Å². The van der Waals surface area contributed by atoms with Crippen LogP contribution in [0.5, 0.6) is 0 Å². The highest BCUT2D eigenvalue weighted by atomic mass is 32.2. The third-order valence-corrected chi connectivity index (χ3v) is 7.98. The minimum absolute atomic E-state index is 0.0146. The Labute approximate surface area is 181 Å². The second-order valence-corrected chi connectivity index (χ2v) is 10.6. The number of carbonyl (C=O) groups excluding carboxylic acids is 1. The maximum Gasteiger partial charge on any atom is 0.241 e. The Hall–Kier alpha value is -2.48. The van der Waals surface area contributed by atoms with Crippen LogP contribution in [-0.4, -0.2) is 38.4 Å². The number of rotatable bonds is 7. The van der Waals surface area contributed by atoms with Gasteiger partial charge in [-0.15, -0.1) is 11.3 Å². The lowest BCUT2D eigenvalue weighted by atomic mass is 10.1. The Kier molecular flexibility index (Phi) is 6.32. The molecule has 1 aromatic heterocycles. The quantitative estimate of drug-likeness (QED) is 0.609. The second kappa shape index (κ2) is 9.12. The normalized spacial score (nSPS) is 18.7. The first-order chi connectivity index (χ1) is 14.5. The maximum absolute atomic E-state index is 13.3. The number of sulfone groups is 1. The topological polar surface area (TPSA) is 66.5 Å². The minimum Gasteiger partial charge on any atom is -0.307 e. The van der Waals surface area contributed by atoms with Crippen molar-refractivity contribution in [2.75, 3.05) is 23.0 Å². The molecule has 1 amide bonds. The first kappa shape index (κ1) is 20.8. The van der Waals surface area contributed by atoms with Crippen molar-refractivity contribution in [1.82, 2.24) is 5.32 Å². The van der Waals surface area contributed by atoms with Crippen molar-refractivity contribution in [1.29, 1.82) is 0 Å². The van der Waals surface area contributed by atoms with Crippen molar-refractivity contribution in [2.24, 2.45) is 0 Å². The summed E-state index contributed by atoms with van der Waals surface area (Å²) in [6.07, 6.45) is 0.468. The van der Waals surface area contributed by atoms with Crippen LogP contribution in [0.4, 0.5) is 5.69 Å². The summed E-state index contributed by atoms with van der Waals surface area (Å²) in [7, 11) is -3.10. The van der Waals surface area contributed by atoms with E-state index in [1.165, 1.54) is 0 Å². The monoisotopic (exact) mass is 440 g/mol. The van der Waals surface area contributed by atoms with Crippen LogP contribution < -0.4 is 10.2 Å². The molecule has 0 saturated carbocycles. The van der Waals surface area contributed by atoms with E-state index in [0.717, 1.165) is 16.1 Å². The number of anilines is 1. The molecule has 3 aromatic rings. The van der Waals surface area contributed by atoms with Crippen LogP contribution in [0.1, 0.15) is 22.9 Å². The molecule has 2 aromatic carbocycles. The maximum atomic E-state index is 13.3. The molecule has 7 heteroatoms. The first-order valence-electron chi connectivity index (χ1n) is 9.93. The van der Waals surface area contributed by atoms with Crippen molar-refractivity contribution in [3.63, 3.8) is 0 Å². The molecule has 2 heterocycles. The highest BCUT2D eigenvalue weighted by Gasteiger charge is 2.35. The predicted octanol–water partition coefficient (Wildman–Crippen LogP) is 3.65. The van der Waals surface area contributed by atoms with Crippen LogP contribution >= 0.6 is 11.3 Å². The Bertz CT molecular complexity index is 1070. The van der Waals surface area contributed by atoms with E-state index in [0.29, 0.717) is 6.42 Å². The zero-order chi connectivity index (χ0) is 21.0. The molecule has 0 bridgehead atoms. The summed E-state index contributed by atoms with van der Waals surface area (Å²) < 4.78 is 24.1. The van der Waals surface area contributed by atoms with Gasteiger partial charge in [0.1, 0.15) is 0 Å². The van der Waals surface area contributed by atoms with E-state index in [1.54, 1.807) is 16.2 Å². The molecule has 30 heavy (non-hydrogen) atoms. The number of hydrogen-bond acceptors (Lipinski definition) is 5. The first-order valence-corrected chi connectivity index (χ1v) is 12.6. The summed E-state index contributed by atoms with van der Waals surface area (Å²) in [5.41, 5.74) is 1.82. The van der Waals surface area contributed by atoms with Crippen molar-refractivity contribution in [3.05, 3.63) is 88.6 Å². The number of hydrogen-bond donors (Lipinski definition) is 1. The zero-order valence-corrected chi connectivity index (χ0v) is 18.1. The van der Waals surface area contributed by atoms with Crippen LogP contribution in [0, 0.1) is 0 Å². The predicted molar refractivity (Wildman–Crippen MR) is 122 cm³/mol. The summed E-state index contributed by atoms with van der Waals surface area (Å²) >= 11 is 1.64. The van der Waals surface area contributed by atoms with E-state index >= 15 is 0 Å². The Balaban J connectivity index is 1.56. The number of benzene rings is 2. The molecule has 4 rings (SSSR count). The molecule has 1 fully saturated rings. The molecule has 0 spiro atoms. The van der Waals surface area contributed by atoms with Gasteiger partial charge in [-0.2, -0.15) is 0 Å². The van der Waals surface area contributed by atoms with Gasteiger partial charge in [-0.3, -0.25) is 10.1 Å². The number of nitrogens with one attached hydrogen (secondary N) is 1. The molecule has 1 aliphatic rings. The molecule has 0 aliphatic carbocycles. The van der Waals surface area contributed by atoms with Crippen molar-refractivity contribution >= 4 is 32.8 Å². The number of thiophene rings is 1. The molecule has 1 saturated heterocycles. The van der Waals surface area contributed by atoms with Crippen LogP contribution in [0.2, 0.25) is 0 Å². The molecule has 156 valence electrons. The van der Waals surface area contributed by atoms with E-state index < -0.39 is 9.84 Å². The van der Waals surface area contributed by atoms with Crippen molar-refractivity contribution in [3.8, 4) is 0 Å². The number of amides is 1. The Morgan fingerprint density at radius 2 is 1.73 bits per heavy atom. The number of carbonyl (C=O) groups is 1. The van der Waals surface area contributed by atoms with Gasteiger partial charge < -0.3 is 4.90 Å². The molecule has 0 unspecified atom stereocenters. The molecule has 1 aliphatic heterocycles. The fourth-order valence-corrected chi connectivity index (χ4v) is 6.41. The third-order valence-electron chi connectivity index (χ3n) is 5.29. The van der Waals surface area contributed by atoms with E-state index in [2.05, 4.69) is 11.4 Å². The highest BCUT2D eigenvalue weighted by Crippen LogP contribution is 2.27. The summed E-state index contributed by atoms with van der Waals surface area (Å²) in [4.78, 5) is 16.1. The summed E-state index contributed by atoms with van der Waals surface area (Å²) in [5.74, 6) is 0.0188. The Morgan fingerprint density at radius 1 is 1.03 bits per heavy atom. The van der Waals surface area contributed by atoms with Crippen LogP contribution in [0.15, 0.2) is 78.2 Å². The second-order valence-electron chi connectivity index (χ2n) is 7.40. The van der Waals surface area contributed by atoms with E-state index in [9.17, 15) is 13.2 Å². The van der Waals surface area contributed by atoms with Crippen LogP contribution in [0.3, 0.4) is 0 Å². The number of para-hydroxylation sites is 1. The van der Waals surface area contributed by atoms with Gasteiger partial charge in [-0.05, 0) is 35.6 Å². The molecule has 0 radical (unpaired) electrons. The lowest BCUT2D eigenvalue weighted by Gasteiger charge is -2.29. The minimum atomic E-state index is -3.10. The van der Waals surface area contributed by atoms with Crippen LogP contribution in [0.25, 0.3) is 0 Å². The van der Waals surface area contributed by atoms with Gasteiger partial charge in [0.05, 0.1) is 30.1 Å². The van der Waals surface area contributed by atoms with Gasteiger partial charge in [-0.1, -0.05) is 54.6 Å². The average molecular weight is 441 g/mol. The molecular weight excluding hydrogens is 416 g/mol. The lowest BCUT2D eigenvalue weighted by Crippen LogP contribution is -2.46. The highest BCUT2D eigenvalue weighted by molar-refractivity contribution is 7.91. The standard InChI is InChI=1S/C23H24N2O3S2/c26-22(16-24-23(21-12-7-14-29-21)18-8-3-1-4-9-18)25(19-10-5-2-6-11-19)20-13-15-30(27,28)17-20/h1-12,14,20,23-24H,13,15-17H2/t20-,23-/m0/s1. The molecular formula is C23H24N2O3S2. The van der Waals surface area contributed by atoms with Crippen molar-refractivity contribution < 1.29 is 13.2 Å². The average Bonchev–Trinajstić information content (AvgIpc) is 3.40. The van der Waals surface area contributed by atoms with Gasteiger partial charge in [0, 0.05) is 10.6 Å². The zero-order valence-electron chi connectivity index (χ0n) is 16.5. The molecule has 1 N–H and O–H groups in total. The lowest BCUT2D eigenvalue weighted by molar-refractivity contribution is -0.118. The van der Waals surface area contributed by atoms with E-state index in [-0.39, 0.29) is 36.0 Å². The van der Waals surface area contributed by atoms with Crippen molar-refractivity contribution in [2.45, 2.75) is 18.5 Å². The SMILES string of the molecule is O=C(CN[C@@H](c1ccccc1)c1cccs1)N(c1ccccc1)[C@H]1CCS(=O)(=O)C1. The fraction of sp³-hybridized carbons (Fsp3) is 0.261. The van der Waals surface area contributed by atoms with Gasteiger partial charge in [0.25, 0.3) is 0 Å². The van der Waals surface area contributed by atoms with Gasteiger partial charge >= 0.3 is 0 Å². The van der Waals surface area contributed by atoms with Gasteiger partial charge in [0.2, 0.25) is 5.91 Å². The summed E-state index contributed by atoms with van der Waals surface area (Å²) in [5, 5.41) is 5.42. The fourth-order valence-electron chi connectivity index (χ4n) is 3.88. The molecule has 5 nitrogen and oxygen atoms in total. The van der Waals surface area contributed by atoms with E-state index in [4.69, 9.17) is 0 Å². The van der Waals surface area contributed by atoms with Gasteiger partial charge in [-0.25, -0.2) is 8.42 Å². The smallest absolute Gasteiger partial charge is 0.241 e. The molecule has 2 atom stereocenters. The largest absolute Gasteiger partial charge is 0.307 e. The van der Waals surface area contributed by atoms with E-state index in [1.807, 2.05) is 72.1 Å². The summed E-state index contributed by atoms with van der Waals surface area (Å²) in [6, 6.07) is 23.0. The Morgan fingerprint density at radius 3 is 2.33 bits per heavy atom. The number of nitrogens with zero attached hydrogens (tertiary/aromatic N) is 1. The summed E-state index contributed by atoms with van der Waals surface area (Å²) in [6.45, 7) is 0.114.